The summed E-state index contributed by atoms with van der Waals surface area (Å²) in [4.78, 5) is 0. The van der Waals surface area contributed by atoms with Gasteiger partial charge in [-0.1, -0.05) is 50.2 Å². The summed E-state index contributed by atoms with van der Waals surface area (Å²) in [5.41, 5.74) is 4.27. The van der Waals surface area contributed by atoms with Gasteiger partial charge in [-0.2, -0.15) is 4.40 Å². The van der Waals surface area contributed by atoms with Gasteiger partial charge in [-0.25, -0.2) is 0 Å². The Morgan fingerprint density at radius 3 is 1.76 bits per heavy atom. The summed E-state index contributed by atoms with van der Waals surface area (Å²) in [7, 11) is 0. The fraction of sp³-hybridized carbons (Fsp3) is 0.150. The van der Waals surface area contributed by atoms with Gasteiger partial charge in [0, 0.05) is 17.5 Å². The van der Waals surface area contributed by atoms with E-state index in [0.29, 0.717) is 0 Å². The molecule has 100 valence electrons. The molecule has 5 rings (SSSR count). The van der Waals surface area contributed by atoms with Crippen molar-refractivity contribution in [1.29, 1.82) is 0 Å². The molecule has 21 heavy (non-hydrogen) atoms. The van der Waals surface area contributed by atoms with Gasteiger partial charge < -0.3 is 0 Å². The molecule has 2 heterocycles. The number of nitrogens with zero attached hydrogens (tertiary/aromatic N) is 1. The SMILES string of the molecule is CC1(C)c2cccc3cc[n+]4ccc5cccc1c5c4c23. The van der Waals surface area contributed by atoms with Crippen LogP contribution in [0.4, 0.5) is 0 Å². The average molecular weight is 270 g/mol. The number of rotatable bonds is 0. The Hall–Kier alpha value is -2.41. The second kappa shape index (κ2) is 3.43. The maximum absolute atomic E-state index is 2.34. The summed E-state index contributed by atoms with van der Waals surface area (Å²) >= 11 is 0. The van der Waals surface area contributed by atoms with E-state index in [9.17, 15) is 0 Å². The molecule has 0 N–H and O–H groups in total. The highest BCUT2D eigenvalue weighted by molar-refractivity contribution is 6.13. The lowest BCUT2D eigenvalue weighted by Gasteiger charge is -2.31. The normalized spacial score (nSPS) is 15.5. The van der Waals surface area contributed by atoms with Crippen LogP contribution in [0.2, 0.25) is 0 Å². The van der Waals surface area contributed by atoms with Gasteiger partial charge in [0.05, 0.1) is 10.8 Å². The number of benzene rings is 2. The molecular formula is C20H16N+. The van der Waals surface area contributed by atoms with E-state index in [0.717, 1.165) is 0 Å². The van der Waals surface area contributed by atoms with E-state index in [1.54, 1.807) is 0 Å². The van der Waals surface area contributed by atoms with Crippen LogP contribution in [0.25, 0.3) is 27.1 Å². The van der Waals surface area contributed by atoms with Crippen LogP contribution in [-0.4, -0.2) is 0 Å². The highest BCUT2D eigenvalue weighted by Gasteiger charge is 2.34. The first-order valence-electron chi connectivity index (χ1n) is 7.47. The van der Waals surface area contributed by atoms with Crippen LogP contribution in [0.15, 0.2) is 60.9 Å². The number of aromatic nitrogens is 1. The van der Waals surface area contributed by atoms with E-state index >= 15 is 0 Å². The first-order valence-corrected chi connectivity index (χ1v) is 7.47. The maximum atomic E-state index is 2.34. The lowest BCUT2D eigenvalue weighted by Crippen LogP contribution is -2.28. The summed E-state index contributed by atoms with van der Waals surface area (Å²) in [6.07, 6.45) is 4.35. The number of pyridine rings is 2. The van der Waals surface area contributed by atoms with Crippen molar-refractivity contribution in [2.45, 2.75) is 19.3 Å². The first-order chi connectivity index (χ1) is 10.2. The molecule has 0 saturated carbocycles. The molecule has 0 radical (unpaired) electrons. The third-order valence-electron chi connectivity index (χ3n) is 5.10. The van der Waals surface area contributed by atoms with Gasteiger partial charge in [0.1, 0.15) is 0 Å². The van der Waals surface area contributed by atoms with Gasteiger partial charge in [0.2, 0.25) is 5.52 Å². The van der Waals surface area contributed by atoms with E-state index in [2.05, 4.69) is 79.2 Å². The van der Waals surface area contributed by atoms with E-state index < -0.39 is 0 Å². The molecule has 0 spiro atoms. The van der Waals surface area contributed by atoms with E-state index in [-0.39, 0.29) is 5.41 Å². The number of hydrogen-bond donors (Lipinski definition) is 0. The van der Waals surface area contributed by atoms with Crippen molar-refractivity contribution in [2.24, 2.45) is 0 Å². The molecule has 1 aliphatic carbocycles. The third-order valence-corrected chi connectivity index (χ3v) is 5.10. The molecule has 2 aromatic carbocycles. The standard InChI is InChI=1S/C20H16N/c1-20(2)15-7-3-5-13-9-11-21-12-10-14-6-4-8-16(20)18(14)19(21)17(13)15/h3-12H,1-2H3/q+1. The Morgan fingerprint density at radius 1 is 0.714 bits per heavy atom. The Bertz CT molecular complexity index is 977. The van der Waals surface area contributed by atoms with Crippen LogP contribution in [0.3, 0.4) is 0 Å². The minimum atomic E-state index is 0.0439. The van der Waals surface area contributed by atoms with E-state index in [4.69, 9.17) is 0 Å². The molecule has 2 aromatic heterocycles. The van der Waals surface area contributed by atoms with Crippen molar-refractivity contribution in [3.05, 3.63) is 72.1 Å². The molecule has 1 heteroatoms. The van der Waals surface area contributed by atoms with Gasteiger partial charge >= 0.3 is 0 Å². The molecule has 0 unspecified atom stereocenters. The predicted octanol–water partition coefficient (Wildman–Crippen LogP) is 4.37. The summed E-state index contributed by atoms with van der Waals surface area (Å²) in [6, 6.07) is 17.8. The Labute approximate surface area is 123 Å². The zero-order valence-electron chi connectivity index (χ0n) is 12.2. The predicted molar refractivity (Wildman–Crippen MR) is 86.7 cm³/mol. The topological polar surface area (TPSA) is 4.10 Å². The van der Waals surface area contributed by atoms with Gasteiger partial charge in [0.15, 0.2) is 12.4 Å². The van der Waals surface area contributed by atoms with Crippen molar-refractivity contribution in [3.8, 4) is 0 Å². The monoisotopic (exact) mass is 270 g/mol. The van der Waals surface area contributed by atoms with Gasteiger partial charge in [-0.05, 0) is 21.9 Å². The summed E-state index contributed by atoms with van der Waals surface area (Å²) in [5.74, 6) is 0. The second-order valence-electron chi connectivity index (χ2n) is 6.55. The molecule has 4 aromatic rings. The maximum Gasteiger partial charge on any atom is 0.226 e. The summed E-state index contributed by atoms with van der Waals surface area (Å²) in [5, 5.41) is 5.49. The summed E-state index contributed by atoms with van der Waals surface area (Å²) in [6.45, 7) is 4.69. The third kappa shape index (κ3) is 1.20. The average Bonchev–Trinajstić information content (AvgIpc) is 2.51. The summed E-state index contributed by atoms with van der Waals surface area (Å²) < 4.78 is 2.27. The van der Waals surface area contributed by atoms with E-state index in [1.807, 2.05) is 0 Å². The smallest absolute Gasteiger partial charge is 0.166 e. The van der Waals surface area contributed by atoms with Crippen LogP contribution in [0.5, 0.6) is 0 Å². The fourth-order valence-corrected chi connectivity index (χ4v) is 4.04. The van der Waals surface area contributed by atoms with Crippen molar-refractivity contribution < 1.29 is 4.40 Å². The second-order valence-corrected chi connectivity index (χ2v) is 6.55. The highest BCUT2D eigenvalue weighted by atomic mass is 14.8. The van der Waals surface area contributed by atoms with Gasteiger partial charge in [0.25, 0.3) is 0 Å². The molecule has 1 aliphatic rings. The first kappa shape index (κ1) is 11.3. The van der Waals surface area contributed by atoms with Crippen molar-refractivity contribution in [2.75, 3.05) is 0 Å². The van der Waals surface area contributed by atoms with Crippen LogP contribution in [0.1, 0.15) is 25.0 Å². The Morgan fingerprint density at radius 2 is 1.24 bits per heavy atom. The molecule has 0 aliphatic heterocycles. The zero-order valence-corrected chi connectivity index (χ0v) is 12.2. The molecule has 1 nitrogen and oxygen atoms in total. The van der Waals surface area contributed by atoms with Crippen molar-refractivity contribution >= 4 is 27.1 Å². The molecule has 0 saturated heterocycles. The minimum Gasteiger partial charge on any atom is -0.166 e. The van der Waals surface area contributed by atoms with Gasteiger partial charge in [-0.15, -0.1) is 0 Å². The Balaban J connectivity index is 2.27. The molecule has 0 fully saturated rings. The molecule has 0 amide bonds. The minimum absolute atomic E-state index is 0.0439. The Kier molecular flexibility index (Phi) is 1.84. The van der Waals surface area contributed by atoms with Crippen LogP contribution < -0.4 is 4.40 Å². The fourth-order valence-electron chi connectivity index (χ4n) is 4.04. The highest BCUT2D eigenvalue weighted by Crippen LogP contribution is 2.45. The molecular weight excluding hydrogens is 254 g/mol. The van der Waals surface area contributed by atoms with Gasteiger partial charge in [-0.3, -0.25) is 0 Å². The number of hydrogen-bond acceptors (Lipinski definition) is 0. The molecule has 0 atom stereocenters. The van der Waals surface area contributed by atoms with Crippen molar-refractivity contribution in [1.82, 2.24) is 0 Å². The van der Waals surface area contributed by atoms with E-state index in [1.165, 1.54) is 38.2 Å². The van der Waals surface area contributed by atoms with Crippen LogP contribution >= 0.6 is 0 Å². The zero-order chi connectivity index (χ0) is 14.2. The quantitative estimate of drug-likeness (QED) is 0.330. The molecule has 0 bridgehead atoms. The lowest BCUT2D eigenvalue weighted by atomic mass is 9.71. The van der Waals surface area contributed by atoms with Crippen LogP contribution in [0, 0.1) is 0 Å². The lowest BCUT2D eigenvalue weighted by molar-refractivity contribution is -0.509. The largest absolute Gasteiger partial charge is 0.226 e. The van der Waals surface area contributed by atoms with Crippen molar-refractivity contribution in [3.63, 3.8) is 0 Å². The van der Waals surface area contributed by atoms with Crippen LogP contribution in [-0.2, 0) is 5.41 Å².